The van der Waals surface area contributed by atoms with Crippen LogP contribution in [0.2, 0.25) is 0 Å². The molecule has 0 radical (unpaired) electrons. The third-order valence-electron chi connectivity index (χ3n) is 6.13. The van der Waals surface area contributed by atoms with Crippen LogP contribution in [0.5, 0.6) is 17.2 Å². The summed E-state index contributed by atoms with van der Waals surface area (Å²) in [7, 11) is 0. The van der Waals surface area contributed by atoms with Crippen molar-refractivity contribution in [2.45, 2.75) is 24.7 Å². The fourth-order valence-electron chi connectivity index (χ4n) is 4.01. The standard InChI is InChI=1S/C26H25NO8/c1-2-3-19-22(34-13-17-11-32-17)7-5-20-24(19)26(29)27(25(20)28)21-6-4-15(30-9-16-10-31-16)8-23(21)35-14-18-12-33-18/h2,4-8,16-18H,1,3,9-14H2. The third kappa shape index (κ3) is 4.62. The predicted octanol–water partition coefficient (Wildman–Crippen LogP) is 2.55. The van der Waals surface area contributed by atoms with E-state index in [1.807, 2.05) is 0 Å². The van der Waals surface area contributed by atoms with E-state index in [-0.39, 0.29) is 18.3 Å². The quantitative estimate of drug-likeness (QED) is 0.260. The molecule has 4 aliphatic rings. The van der Waals surface area contributed by atoms with Crippen molar-refractivity contribution in [2.75, 3.05) is 44.5 Å². The van der Waals surface area contributed by atoms with Gasteiger partial charge in [-0.05, 0) is 30.7 Å². The lowest BCUT2D eigenvalue weighted by Crippen LogP contribution is -2.30. The largest absolute Gasteiger partial charge is 0.491 e. The van der Waals surface area contributed by atoms with Gasteiger partial charge in [-0.25, -0.2) is 4.90 Å². The number of hydrogen-bond donors (Lipinski definition) is 0. The Kier molecular flexibility index (Phi) is 5.68. The highest BCUT2D eigenvalue weighted by Crippen LogP contribution is 2.40. The van der Waals surface area contributed by atoms with Crippen LogP contribution in [0.1, 0.15) is 26.3 Å². The molecule has 0 saturated carbocycles. The number of anilines is 1. The van der Waals surface area contributed by atoms with Gasteiger partial charge in [-0.15, -0.1) is 6.58 Å². The molecule has 0 bridgehead atoms. The second-order valence-electron chi connectivity index (χ2n) is 8.83. The highest BCUT2D eigenvalue weighted by Gasteiger charge is 2.41. The summed E-state index contributed by atoms with van der Waals surface area (Å²) < 4.78 is 33.3. The lowest BCUT2D eigenvalue weighted by atomic mass is 9.99. The van der Waals surface area contributed by atoms with Crippen LogP contribution < -0.4 is 19.1 Å². The smallest absolute Gasteiger partial charge is 0.266 e. The summed E-state index contributed by atoms with van der Waals surface area (Å²) in [5, 5.41) is 0. The molecule has 3 saturated heterocycles. The van der Waals surface area contributed by atoms with Gasteiger partial charge in [0.15, 0.2) is 0 Å². The lowest BCUT2D eigenvalue weighted by Gasteiger charge is -2.19. The van der Waals surface area contributed by atoms with E-state index in [9.17, 15) is 9.59 Å². The Morgan fingerprint density at radius 3 is 2.11 bits per heavy atom. The number of carbonyl (C=O) groups is 2. The first-order valence-corrected chi connectivity index (χ1v) is 11.6. The van der Waals surface area contributed by atoms with Gasteiger partial charge in [0.2, 0.25) is 0 Å². The Morgan fingerprint density at radius 1 is 0.857 bits per heavy atom. The van der Waals surface area contributed by atoms with Crippen LogP contribution in [0, 0.1) is 0 Å². The predicted molar refractivity (Wildman–Crippen MR) is 124 cm³/mol. The van der Waals surface area contributed by atoms with Crippen LogP contribution in [0.15, 0.2) is 43.0 Å². The van der Waals surface area contributed by atoms with Crippen LogP contribution in [-0.4, -0.2) is 69.8 Å². The molecule has 3 atom stereocenters. The van der Waals surface area contributed by atoms with E-state index >= 15 is 0 Å². The van der Waals surface area contributed by atoms with E-state index in [0.29, 0.717) is 85.7 Å². The molecule has 182 valence electrons. The molecule has 2 aromatic rings. The van der Waals surface area contributed by atoms with Gasteiger partial charge < -0.3 is 28.4 Å². The summed E-state index contributed by atoms with van der Waals surface area (Å²) in [5.74, 6) is 0.646. The van der Waals surface area contributed by atoms with E-state index in [1.165, 1.54) is 0 Å². The minimum Gasteiger partial charge on any atom is -0.491 e. The summed E-state index contributed by atoms with van der Waals surface area (Å²) in [6, 6.07) is 8.45. The van der Waals surface area contributed by atoms with Crippen molar-refractivity contribution < 1.29 is 38.0 Å². The molecule has 0 aliphatic carbocycles. The molecule has 0 spiro atoms. The normalized spacial score (nSPS) is 23.7. The minimum absolute atomic E-state index is 0.00353. The van der Waals surface area contributed by atoms with E-state index in [4.69, 9.17) is 28.4 Å². The maximum atomic E-state index is 13.7. The van der Waals surface area contributed by atoms with Crippen LogP contribution in [0.3, 0.4) is 0 Å². The zero-order valence-corrected chi connectivity index (χ0v) is 19.1. The summed E-state index contributed by atoms with van der Waals surface area (Å²) in [6.07, 6.45) is 2.24. The number of carbonyl (C=O) groups excluding carboxylic acids is 2. The Labute approximate surface area is 202 Å². The van der Waals surface area contributed by atoms with Gasteiger partial charge in [0.05, 0.1) is 36.6 Å². The Morgan fingerprint density at radius 2 is 1.49 bits per heavy atom. The first-order valence-electron chi connectivity index (χ1n) is 11.6. The van der Waals surface area contributed by atoms with Crippen LogP contribution in [0.4, 0.5) is 5.69 Å². The molecule has 6 rings (SSSR count). The zero-order valence-electron chi connectivity index (χ0n) is 19.1. The number of benzene rings is 2. The van der Waals surface area contributed by atoms with Crippen molar-refractivity contribution in [1.82, 2.24) is 0 Å². The molecule has 4 heterocycles. The van der Waals surface area contributed by atoms with Crippen molar-refractivity contribution in [1.29, 1.82) is 0 Å². The van der Waals surface area contributed by atoms with Gasteiger partial charge in [0, 0.05) is 11.6 Å². The van der Waals surface area contributed by atoms with Gasteiger partial charge in [-0.2, -0.15) is 0 Å². The second kappa shape index (κ2) is 8.99. The van der Waals surface area contributed by atoms with Gasteiger partial charge in [0.25, 0.3) is 11.8 Å². The average molecular weight is 479 g/mol. The van der Waals surface area contributed by atoms with Crippen molar-refractivity contribution in [3.8, 4) is 17.2 Å². The van der Waals surface area contributed by atoms with Crippen molar-refractivity contribution >= 4 is 17.5 Å². The molecular weight excluding hydrogens is 454 g/mol. The molecule has 3 fully saturated rings. The van der Waals surface area contributed by atoms with Gasteiger partial charge in [0.1, 0.15) is 55.4 Å². The maximum Gasteiger partial charge on any atom is 0.266 e. The number of ether oxygens (including phenoxy) is 6. The summed E-state index contributed by atoms with van der Waals surface area (Å²) >= 11 is 0. The number of nitrogens with zero attached hydrogens (tertiary/aromatic N) is 1. The first-order chi connectivity index (χ1) is 17.1. The minimum atomic E-state index is -0.428. The summed E-state index contributed by atoms with van der Waals surface area (Å²) in [5.41, 5.74) is 1.64. The lowest BCUT2D eigenvalue weighted by molar-refractivity contribution is 0.0924. The molecule has 4 aliphatic heterocycles. The number of fused-ring (bicyclic) bond motifs is 1. The van der Waals surface area contributed by atoms with E-state index in [1.54, 1.807) is 36.4 Å². The molecule has 9 heteroatoms. The molecule has 0 N–H and O–H groups in total. The first kappa shape index (κ1) is 22.1. The Hall–Kier alpha value is -3.40. The number of allylic oxidation sites excluding steroid dienone is 1. The van der Waals surface area contributed by atoms with Crippen molar-refractivity contribution in [3.05, 3.63) is 59.7 Å². The average Bonchev–Trinajstić information content (AvgIpc) is 3.73. The van der Waals surface area contributed by atoms with Gasteiger partial charge in [-0.3, -0.25) is 9.59 Å². The number of amides is 2. The monoisotopic (exact) mass is 479 g/mol. The van der Waals surface area contributed by atoms with E-state index in [0.717, 1.165) is 4.90 Å². The fraction of sp³-hybridized carbons (Fsp3) is 0.385. The van der Waals surface area contributed by atoms with Crippen LogP contribution in [0.25, 0.3) is 0 Å². The molecule has 2 amide bonds. The molecule has 2 aromatic carbocycles. The number of imide groups is 1. The van der Waals surface area contributed by atoms with Crippen molar-refractivity contribution in [2.24, 2.45) is 0 Å². The third-order valence-corrected chi connectivity index (χ3v) is 6.13. The van der Waals surface area contributed by atoms with Crippen molar-refractivity contribution in [3.63, 3.8) is 0 Å². The Balaban J connectivity index is 1.32. The number of rotatable bonds is 12. The van der Waals surface area contributed by atoms with E-state index in [2.05, 4.69) is 6.58 Å². The highest BCUT2D eigenvalue weighted by atomic mass is 16.6. The topological polar surface area (TPSA) is 103 Å². The van der Waals surface area contributed by atoms with Crippen LogP contribution in [-0.2, 0) is 20.6 Å². The van der Waals surface area contributed by atoms with Crippen LogP contribution >= 0.6 is 0 Å². The van der Waals surface area contributed by atoms with Gasteiger partial charge in [-0.1, -0.05) is 6.08 Å². The summed E-state index contributed by atoms with van der Waals surface area (Å²) in [6.45, 7) is 6.91. The Bertz CT molecular complexity index is 1180. The molecular formula is C26H25NO8. The zero-order chi connectivity index (χ0) is 23.9. The molecule has 3 unspecified atom stereocenters. The summed E-state index contributed by atoms with van der Waals surface area (Å²) in [4.78, 5) is 28.3. The van der Waals surface area contributed by atoms with E-state index < -0.39 is 11.8 Å². The molecule has 35 heavy (non-hydrogen) atoms. The van der Waals surface area contributed by atoms with Gasteiger partial charge >= 0.3 is 0 Å². The number of epoxide rings is 3. The SMILES string of the molecule is C=CCc1c(OCC2CO2)ccc2c1C(=O)N(c1ccc(OCC3CO3)cc1OCC1CO1)C2=O. The number of hydrogen-bond acceptors (Lipinski definition) is 8. The molecule has 9 nitrogen and oxygen atoms in total. The second-order valence-corrected chi connectivity index (χ2v) is 8.83. The maximum absolute atomic E-state index is 13.7. The fourth-order valence-corrected chi connectivity index (χ4v) is 4.01. The molecule has 0 aromatic heterocycles. The highest BCUT2D eigenvalue weighted by molar-refractivity contribution is 6.35.